The van der Waals surface area contributed by atoms with Gasteiger partial charge in [0.25, 0.3) is 0 Å². The van der Waals surface area contributed by atoms with Crippen LogP contribution >= 0.6 is 11.6 Å². The fourth-order valence-corrected chi connectivity index (χ4v) is 3.11. The lowest BCUT2D eigenvalue weighted by Crippen LogP contribution is -2.22. The van der Waals surface area contributed by atoms with Crippen LogP contribution in [0.15, 0.2) is 72.8 Å². The molecular weight excluding hydrogens is 290 g/mol. The van der Waals surface area contributed by atoms with Crippen molar-refractivity contribution in [2.75, 3.05) is 13.6 Å². The highest BCUT2D eigenvalue weighted by Gasteiger charge is 2.12. The van der Waals surface area contributed by atoms with Crippen LogP contribution in [0.2, 0.25) is 0 Å². The highest BCUT2D eigenvalue weighted by atomic mass is 35.5. The van der Waals surface area contributed by atoms with Gasteiger partial charge in [0.1, 0.15) is 0 Å². The molecule has 0 aliphatic carbocycles. The van der Waals surface area contributed by atoms with Gasteiger partial charge in [-0.25, -0.2) is 0 Å². The molecule has 0 aromatic heterocycles. The van der Waals surface area contributed by atoms with Crippen molar-refractivity contribution in [1.29, 1.82) is 0 Å². The zero-order chi connectivity index (χ0) is 15.4. The van der Waals surface area contributed by atoms with Crippen LogP contribution in [-0.2, 0) is 6.54 Å². The molecule has 22 heavy (non-hydrogen) atoms. The highest BCUT2D eigenvalue weighted by molar-refractivity contribution is 6.21. The number of benzene rings is 3. The smallest absolute Gasteiger partial charge is 0.0712 e. The van der Waals surface area contributed by atoms with Crippen molar-refractivity contribution in [3.05, 3.63) is 83.9 Å². The zero-order valence-corrected chi connectivity index (χ0v) is 13.5. The maximum Gasteiger partial charge on any atom is 0.0712 e. The van der Waals surface area contributed by atoms with Gasteiger partial charge in [0.2, 0.25) is 0 Å². The molecule has 3 rings (SSSR count). The molecule has 1 nitrogen and oxygen atoms in total. The lowest BCUT2D eigenvalue weighted by Gasteiger charge is -2.20. The van der Waals surface area contributed by atoms with E-state index in [1.165, 1.54) is 21.9 Å². The Balaban J connectivity index is 1.68. The van der Waals surface area contributed by atoms with Gasteiger partial charge in [-0.1, -0.05) is 66.7 Å². The first-order chi connectivity index (χ1) is 10.7. The van der Waals surface area contributed by atoms with Crippen LogP contribution in [-0.4, -0.2) is 18.5 Å². The topological polar surface area (TPSA) is 3.24 Å². The van der Waals surface area contributed by atoms with Gasteiger partial charge in [-0.3, -0.25) is 0 Å². The maximum absolute atomic E-state index is 6.63. The minimum Gasteiger partial charge on any atom is -0.300 e. The van der Waals surface area contributed by atoms with Crippen molar-refractivity contribution >= 4 is 22.4 Å². The summed E-state index contributed by atoms with van der Waals surface area (Å²) in [6.45, 7) is 1.74. The Hall–Kier alpha value is -1.83. The number of hydrogen-bond donors (Lipinski definition) is 0. The SMILES string of the molecule is CN(Cc1ccccc1)CC(Cl)c1ccc2ccccc2c1. The van der Waals surface area contributed by atoms with Crippen molar-refractivity contribution in [3.63, 3.8) is 0 Å². The van der Waals surface area contributed by atoms with Crippen LogP contribution in [0.5, 0.6) is 0 Å². The largest absolute Gasteiger partial charge is 0.300 e. The summed E-state index contributed by atoms with van der Waals surface area (Å²) in [6.07, 6.45) is 0. The number of alkyl halides is 1. The zero-order valence-electron chi connectivity index (χ0n) is 12.7. The number of rotatable bonds is 5. The minimum atomic E-state index is -0.00156. The maximum atomic E-state index is 6.63. The Bertz CT molecular complexity index is 739. The number of likely N-dealkylation sites (N-methyl/N-ethyl adjacent to an activating group) is 1. The van der Waals surface area contributed by atoms with Gasteiger partial charge >= 0.3 is 0 Å². The quantitative estimate of drug-likeness (QED) is 0.582. The van der Waals surface area contributed by atoms with Gasteiger partial charge in [0.05, 0.1) is 5.38 Å². The van der Waals surface area contributed by atoms with Crippen molar-refractivity contribution in [3.8, 4) is 0 Å². The van der Waals surface area contributed by atoms with E-state index < -0.39 is 0 Å². The average Bonchev–Trinajstić information content (AvgIpc) is 2.55. The van der Waals surface area contributed by atoms with Gasteiger partial charge in [0, 0.05) is 13.1 Å². The third kappa shape index (κ3) is 3.68. The van der Waals surface area contributed by atoms with Crippen LogP contribution in [0.25, 0.3) is 10.8 Å². The van der Waals surface area contributed by atoms with E-state index in [4.69, 9.17) is 11.6 Å². The summed E-state index contributed by atoms with van der Waals surface area (Å²) in [6, 6.07) is 25.4. The fraction of sp³-hybridized carbons (Fsp3) is 0.200. The Morgan fingerprint density at radius 2 is 1.55 bits per heavy atom. The van der Waals surface area contributed by atoms with E-state index in [1.807, 2.05) is 6.07 Å². The summed E-state index contributed by atoms with van der Waals surface area (Å²) in [4.78, 5) is 2.27. The standard InChI is InChI=1S/C20H20ClN/c1-22(14-16-7-3-2-4-8-16)15-20(21)19-12-11-17-9-5-6-10-18(17)13-19/h2-13,20H,14-15H2,1H3. The van der Waals surface area contributed by atoms with Crippen LogP contribution in [0, 0.1) is 0 Å². The van der Waals surface area contributed by atoms with E-state index >= 15 is 0 Å². The van der Waals surface area contributed by atoms with Gasteiger partial charge in [-0.2, -0.15) is 0 Å². The Kier molecular flexibility index (Phi) is 4.77. The molecule has 0 heterocycles. The van der Waals surface area contributed by atoms with Crippen molar-refractivity contribution in [2.24, 2.45) is 0 Å². The highest BCUT2D eigenvalue weighted by Crippen LogP contribution is 2.25. The molecule has 0 N–H and O–H groups in total. The second-order valence-corrected chi connectivity index (χ2v) is 6.28. The third-order valence-electron chi connectivity index (χ3n) is 3.90. The van der Waals surface area contributed by atoms with Crippen LogP contribution < -0.4 is 0 Å². The lowest BCUT2D eigenvalue weighted by molar-refractivity contribution is 0.327. The van der Waals surface area contributed by atoms with Gasteiger partial charge in [-0.15, -0.1) is 11.6 Å². The summed E-state index contributed by atoms with van der Waals surface area (Å²) in [7, 11) is 2.11. The van der Waals surface area contributed by atoms with Crippen molar-refractivity contribution in [1.82, 2.24) is 4.90 Å². The summed E-state index contributed by atoms with van der Waals surface area (Å²) in [5.74, 6) is 0. The first-order valence-electron chi connectivity index (χ1n) is 7.57. The Morgan fingerprint density at radius 1 is 0.864 bits per heavy atom. The molecule has 0 fully saturated rings. The van der Waals surface area contributed by atoms with Crippen LogP contribution in [0.4, 0.5) is 0 Å². The van der Waals surface area contributed by atoms with Crippen molar-refractivity contribution in [2.45, 2.75) is 11.9 Å². The Labute approximate surface area is 137 Å². The van der Waals surface area contributed by atoms with E-state index in [0.717, 1.165) is 13.1 Å². The predicted octanol–water partition coefficient (Wildman–Crippen LogP) is 5.25. The number of halogens is 1. The third-order valence-corrected chi connectivity index (χ3v) is 4.29. The molecule has 1 atom stereocenters. The normalized spacial score (nSPS) is 12.7. The molecule has 112 valence electrons. The van der Waals surface area contributed by atoms with E-state index in [2.05, 4.69) is 78.7 Å². The monoisotopic (exact) mass is 309 g/mol. The number of hydrogen-bond acceptors (Lipinski definition) is 1. The molecule has 0 saturated heterocycles. The summed E-state index contributed by atoms with van der Waals surface area (Å²) < 4.78 is 0. The molecule has 0 aliphatic heterocycles. The summed E-state index contributed by atoms with van der Waals surface area (Å²) in [5.41, 5.74) is 2.49. The lowest BCUT2D eigenvalue weighted by atomic mass is 10.0. The average molecular weight is 310 g/mol. The number of nitrogens with zero attached hydrogens (tertiary/aromatic N) is 1. The van der Waals surface area contributed by atoms with E-state index in [1.54, 1.807) is 0 Å². The second-order valence-electron chi connectivity index (χ2n) is 5.76. The molecule has 0 radical (unpaired) electrons. The van der Waals surface area contributed by atoms with E-state index in [0.29, 0.717) is 0 Å². The molecule has 2 heteroatoms. The van der Waals surface area contributed by atoms with Crippen LogP contribution in [0.1, 0.15) is 16.5 Å². The fourth-order valence-electron chi connectivity index (χ4n) is 2.74. The second kappa shape index (κ2) is 6.95. The number of fused-ring (bicyclic) bond motifs is 1. The predicted molar refractivity (Wildman–Crippen MR) is 95.3 cm³/mol. The van der Waals surface area contributed by atoms with Gasteiger partial charge < -0.3 is 4.90 Å². The molecule has 1 unspecified atom stereocenters. The molecule has 0 spiro atoms. The molecule has 0 aliphatic rings. The first kappa shape index (κ1) is 15.1. The van der Waals surface area contributed by atoms with E-state index in [-0.39, 0.29) is 5.38 Å². The molecule has 0 saturated carbocycles. The van der Waals surface area contributed by atoms with Crippen molar-refractivity contribution < 1.29 is 0 Å². The first-order valence-corrected chi connectivity index (χ1v) is 8.01. The molecular formula is C20H20ClN. The van der Waals surface area contributed by atoms with Gasteiger partial charge in [0.15, 0.2) is 0 Å². The Morgan fingerprint density at radius 3 is 2.32 bits per heavy atom. The molecule has 3 aromatic carbocycles. The molecule has 0 amide bonds. The molecule has 3 aromatic rings. The summed E-state index contributed by atoms with van der Waals surface area (Å²) in [5, 5.41) is 2.50. The summed E-state index contributed by atoms with van der Waals surface area (Å²) >= 11 is 6.63. The van der Waals surface area contributed by atoms with E-state index in [9.17, 15) is 0 Å². The van der Waals surface area contributed by atoms with Gasteiger partial charge in [-0.05, 0) is 35.0 Å². The minimum absolute atomic E-state index is 0.00156. The molecule has 0 bridgehead atoms. The van der Waals surface area contributed by atoms with Crippen LogP contribution in [0.3, 0.4) is 0 Å².